The van der Waals surface area contributed by atoms with Gasteiger partial charge in [0.1, 0.15) is 12.2 Å². The van der Waals surface area contributed by atoms with Crippen LogP contribution in [0.3, 0.4) is 0 Å². The molecule has 3 N–H and O–H groups in total. The maximum atomic E-state index is 13.3. The van der Waals surface area contributed by atoms with Crippen molar-refractivity contribution in [1.82, 2.24) is 14.9 Å². The van der Waals surface area contributed by atoms with Crippen molar-refractivity contribution in [1.29, 1.82) is 0 Å². The van der Waals surface area contributed by atoms with Gasteiger partial charge in [0.25, 0.3) is 0 Å². The normalized spacial score (nSPS) is 14.5. The molecule has 3 aromatic rings. The number of fused-ring (bicyclic) bond motifs is 1. The SMILES string of the molecule is O=C(O)c1ccc(NCC#Cc2cc3cc(CNC4CCOCC4)ccc3n2CC(F)(F)F)cn1. The Kier molecular flexibility index (Phi) is 7.58. The van der Waals surface area contributed by atoms with Crippen LogP contribution in [0.4, 0.5) is 18.9 Å². The lowest BCUT2D eigenvalue weighted by Gasteiger charge is -2.23. The lowest BCUT2D eigenvalue weighted by molar-refractivity contribution is -0.140. The Balaban J connectivity index is 1.49. The van der Waals surface area contributed by atoms with Gasteiger partial charge < -0.3 is 25.0 Å². The van der Waals surface area contributed by atoms with E-state index in [0.717, 1.165) is 31.6 Å². The van der Waals surface area contributed by atoms with Crippen LogP contribution in [0.25, 0.3) is 10.9 Å². The van der Waals surface area contributed by atoms with Gasteiger partial charge in [0.05, 0.1) is 24.1 Å². The summed E-state index contributed by atoms with van der Waals surface area (Å²) in [5.74, 6) is 4.55. The summed E-state index contributed by atoms with van der Waals surface area (Å²) in [5, 5.41) is 16.0. The number of aromatic nitrogens is 2. The van der Waals surface area contributed by atoms with Gasteiger partial charge in [-0.05, 0) is 54.7 Å². The largest absolute Gasteiger partial charge is 0.477 e. The molecule has 0 unspecified atom stereocenters. The van der Waals surface area contributed by atoms with E-state index < -0.39 is 18.7 Å². The zero-order valence-corrected chi connectivity index (χ0v) is 18.9. The van der Waals surface area contributed by atoms with Crippen molar-refractivity contribution in [2.45, 2.75) is 38.1 Å². The molecule has 1 fully saturated rings. The van der Waals surface area contributed by atoms with E-state index in [1.807, 2.05) is 12.1 Å². The minimum atomic E-state index is -4.39. The summed E-state index contributed by atoms with van der Waals surface area (Å²) in [7, 11) is 0. The van der Waals surface area contributed by atoms with Gasteiger partial charge in [-0.2, -0.15) is 13.2 Å². The number of halogens is 3. The quantitative estimate of drug-likeness (QED) is 0.437. The maximum Gasteiger partial charge on any atom is 0.406 e. The van der Waals surface area contributed by atoms with Crippen LogP contribution in [0.2, 0.25) is 0 Å². The molecule has 0 radical (unpaired) electrons. The van der Waals surface area contributed by atoms with Crippen molar-refractivity contribution in [3.05, 3.63) is 59.5 Å². The summed E-state index contributed by atoms with van der Waals surface area (Å²) < 4.78 is 46.4. The van der Waals surface area contributed by atoms with Crippen molar-refractivity contribution in [2.24, 2.45) is 0 Å². The molecule has 0 bridgehead atoms. The predicted molar refractivity (Wildman–Crippen MR) is 125 cm³/mol. The number of ether oxygens (including phenoxy) is 1. The fourth-order valence-corrected chi connectivity index (χ4v) is 3.95. The van der Waals surface area contributed by atoms with Crippen molar-refractivity contribution >= 4 is 22.6 Å². The number of benzene rings is 1. The van der Waals surface area contributed by atoms with Crippen LogP contribution in [0.5, 0.6) is 0 Å². The number of hydrogen-bond acceptors (Lipinski definition) is 5. The molecule has 1 aliphatic rings. The molecule has 7 nitrogen and oxygen atoms in total. The molecule has 1 aromatic carbocycles. The number of hydrogen-bond donors (Lipinski definition) is 3. The highest BCUT2D eigenvalue weighted by Crippen LogP contribution is 2.26. The lowest BCUT2D eigenvalue weighted by atomic mass is 10.1. The van der Waals surface area contributed by atoms with Crippen LogP contribution in [0.1, 0.15) is 34.6 Å². The number of aromatic carboxylic acids is 1. The van der Waals surface area contributed by atoms with E-state index >= 15 is 0 Å². The number of rotatable bonds is 7. The molecule has 0 spiro atoms. The predicted octanol–water partition coefficient (Wildman–Crippen LogP) is 4.03. The van der Waals surface area contributed by atoms with Gasteiger partial charge in [0.15, 0.2) is 0 Å². The Bertz CT molecular complexity index is 1240. The first-order valence-electron chi connectivity index (χ1n) is 11.2. The first-order valence-corrected chi connectivity index (χ1v) is 11.2. The average Bonchev–Trinajstić information content (AvgIpc) is 3.16. The number of carboxylic acids is 1. The number of carbonyl (C=O) groups is 1. The topological polar surface area (TPSA) is 88.4 Å². The summed E-state index contributed by atoms with van der Waals surface area (Å²) in [4.78, 5) is 14.7. The van der Waals surface area contributed by atoms with Gasteiger partial charge in [-0.25, -0.2) is 9.78 Å². The van der Waals surface area contributed by atoms with E-state index in [1.165, 1.54) is 16.8 Å². The number of alkyl halides is 3. The van der Waals surface area contributed by atoms with E-state index in [2.05, 4.69) is 27.5 Å². The fourth-order valence-electron chi connectivity index (χ4n) is 3.95. The molecule has 10 heteroatoms. The van der Waals surface area contributed by atoms with Gasteiger partial charge in [-0.3, -0.25) is 0 Å². The number of nitrogens with zero attached hydrogens (tertiary/aromatic N) is 2. The van der Waals surface area contributed by atoms with Crippen LogP contribution < -0.4 is 10.6 Å². The lowest BCUT2D eigenvalue weighted by Crippen LogP contribution is -2.34. The van der Waals surface area contributed by atoms with Crippen LogP contribution in [0, 0.1) is 11.8 Å². The van der Waals surface area contributed by atoms with Gasteiger partial charge in [0.2, 0.25) is 0 Å². The highest BCUT2D eigenvalue weighted by atomic mass is 19.4. The van der Waals surface area contributed by atoms with Crippen molar-refractivity contribution in [3.8, 4) is 11.8 Å². The van der Waals surface area contributed by atoms with Gasteiger partial charge in [0, 0.05) is 36.7 Å². The second-order valence-electron chi connectivity index (χ2n) is 8.28. The summed E-state index contributed by atoms with van der Waals surface area (Å²) in [6.07, 6.45) is -1.14. The first-order chi connectivity index (χ1) is 16.8. The van der Waals surface area contributed by atoms with Crippen LogP contribution >= 0.6 is 0 Å². The van der Waals surface area contributed by atoms with Crippen molar-refractivity contribution in [3.63, 3.8) is 0 Å². The number of pyridine rings is 1. The summed E-state index contributed by atoms with van der Waals surface area (Å²) in [6, 6.07) is 10.4. The third-order valence-corrected chi connectivity index (χ3v) is 5.70. The fraction of sp³-hybridized carbons (Fsp3) is 0.360. The number of carboxylic acid groups (broad SMARTS) is 1. The molecule has 1 aliphatic heterocycles. The summed E-state index contributed by atoms with van der Waals surface area (Å²) >= 11 is 0. The first kappa shape index (κ1) is 24.6. The molecule has 1 saturated heterocycles. The molecule has 0 aliphatic carbocycles. The smallest absolute Gasteiger partial charge is 0.406 e. The average molecular weight is 486 g/mol. The van der Waals surface area contributed by atoms with Gasteiger partial charge in [-0.15, -0.1) is 0 Å². The van der Waals surface area contributed by atoms with Crippen LogP contribution in [-0.2, 0) is 17.8 Å². The molecule has 184 valence electrons. The number of anilines is 1. The highest BCUT2D eigenvalue weighted by molar-refractivity contribution is 5.85. The molecule has 4 rings (SSSR count). The van der Waals surface area contributed by atoms with Crippen molar-refractivity contribution < 1.29 is 27.8 Å². The highest BCUT2D eigenvalue weighted by Gasteiger charge is 2.29. The molecular formula is C25H25F3N4O3. The minimum absolute atomic E-state index is 0.0828. The molecule has 35 heavy (non-hydrogen) atoms. The summed E-state index contributed by atoms with van der Waals surface area (Å²) in [6.45, 7) is 1.12. The Morgan fingerprint density at radius 3 is 2.69 bits per heavy atom. The molecular weight excluding hydrogens is 461 g/mol. The van der Waals surface area contributed by atoms with Gasteiger partial charge >= 0.3 is 12.1 Å². The zero-order chi connectivity index (χ0) is 24.8. The maximum absolute atomic E-state index is 13.3. The van der Waals surface area contributed by atoms with E-state index in [1.54, 1.807) is 18.2 Å². The Morgan fingerprint density at radius 1 is 1.20 bits per heavy atom. The van der Waals surface area contributed by atoms with Gasteiger partial charge in [-0.1, -0.05) is 12.0 Å². The standard InChI is InChI=1S/C25H25F3N4O3/c26-25(27,28)16-32-21(2-1-9-29-20-4-5-22(24(33)34)31-15-20)13-18-12-17(3-6-23(18)32)14-30-19-7-10-35-11-8-19/h3-6,12-13,15,19,29-30H,7-11,14,16H2,(H,33,34). The zero-order valence-electron chi connectivity index (χ0n) is 18.9. The van der Waals surface area contributed by atoms with E-state index in [4.69, 9.17) is 9.84 Å². The van der Waals surface area contributed by atoms with Crippen LogP contribution in [0.15, 0.2) is 42.6 Å². The van der Waals surface area contributed by atoms with E-state index in [-0.39, 0.29) is 17.9 Å². The van der Waals surface area contributed by atoms with E-state index in [9.17, 15) is 18.0 Å². The number of nitrogens with one attached hydrogen (secondary N) is 2. The third-order valence-electron chi connectivity index (χ3n) is 5.70. The molecule has 3 heterocycles. The molecule has 0 amide bonds. The minimum Gasteiger partial charge on any atom is -0.477 e. The molecule has 0 atom stereocenters. The van der Waals surface area contributed by atoms with Crippen LogP contribution in [-0.4, -0.2) is 52.6 Å². The van der Waals surface area contributed by atoms with Crippen molar-refractivity contribution in [2.75, 3.05) is 25.1 Å². The molecule has 2 aromatic heterocycles. The summed E-state index contributed by atoms with van der Waals surface area (Å²) in [5.41, 5.74) is 2.21. The second kappa shape index (κ2) is 10.8. The second-order valence-corrected chi connectivity index (χ2v) is 8.28. The monoisotopic (exact) mass is 486 g/mol. The van der Waals surface area contributed by atoms with E-state index in [0.29, 0.717) is 29.2 Å². The Hall–Kier alpha value is -3.55. The third kappa shape index (κ3) is 6.74. The Morgan fingerprint density at radius 2 is 2.00 bits per heavy atom. The Labute approximate surface area is 200 Å². The molecule has 0 saturated carbocycles.